The van der Waals surface area contributed by atoms with E-state index in [0.29, 0.717) is 17.9 Å². The highest BCUT2D eigenvalue weighted by Gasteiger charge is 2.39. The number of nitrogens with zero attached hydrogens (tertiary/aromatic N) is 1. The lowest BCUT2D eigenvalue weighted by molar-refractivity contribution is 0.223. The van der Waals surface area contributed by atoms with Crippen LogP contribution in [0.4, 0.5) is 4.79 Å². The van der Waals surface area contributed by atoms with Crippen LogP contribution in [0.3, 0.4) is 0 Å². The predicted octanol–water partition coefficient (Wildman–Crippen LogP) is 2.76. The van der Waals surface area contributed by atoms with Crippen molar-refractivity contribution in [3.63, 3.8) is 0 Å². The number of urea groups is 1. The van der Waals surface area contributed by atoms with Gasteiger partial charge in [-0.05, 0) is 61.5 Å². The van der Waals surface area contributed by atoms with E-state index in [4.69, 9.17) is 0 Å². The average Bonchev–Trinajstić information content (AvgIpc) is 3.19. The normalized spacial score (nSPS) is 29.4. The highest BCUT2D eigenvalue weighted by Crippen LogP contribution is 2.40. The van der Waals surface area contributed by atoms with Gasteiger partial charge in [-0.3, -0.25) is 0 Å². The Morgan fingerprint density at radius 2 is 1.73 bits per heavy atom. The Morgan fingerprint density at radius 3 is 2.46 bits per heavy atom. The third-order valence-electron chi connectivity index (χ3n) is 6.63. The van der Waals surface area contributed by atoms with Gasteiger partial charge < -0.3 is 15.6 Å². The van der Waals surface area contributed by atoms with Gasteiger partial charge in [-0.15, -0.1) is 0 Å². The fourth-order valence-corrected chi connectivity index (χ4v) is 5.29. The number of aryl methyl sites for hydroxylation is 1. The molecule has 3 aliphatic carbocycles. The predicted molar refractivity (Wildman–Crippen MR) is 99.9 cm³/mol. The number of rotatable bonds is 2. The molecule has 3 aliphatic rings. The Hall–Kier alpha value is -2.30. The van der Waals surface area contributed by atoms with Gasteiger partial charge in [0.05, 0.1) is 12.0 Å². The van der Waals surface area contributed by atoms with Gasteiger partial charge in [-0.2, -0.15) is 0 Å². The van der Waals surface area contributed by atoms with E-state index in [-0.39, 0.29) is 12.1 Å². The van der Waals surface area contributed by atoms with Crippen LogP contribution < -0.4 is 10.6 Å². The van der Waals surface area contributed by atoms with Crippen molar-refractivity contribution < 1.29 is 4.79 Å². The molecule has 1 fully saturated rings. The van der Waals surface area contributed by atoms with Gasteiger partial charge in [-0.25, -0.2) is 9.78 Å². The van der Waals surface area contributed by atoms with Crippen LogP contribution >= 0.6 is 0 Å². The number of aromatic amines is 1. The van der Waals surface area contributed by atoms with Gasteiger partial charge in [0.15, 0.2) is 0 Å². The van der Waals surface area contributed by atoms with Crippen LogP contribution in [0, 0.1) is 11.8 Å². The van der Waals surface area contributed by atoms with E-state index in [0.717, 1.165) is 37.8 Å². The Balaban J connectivity index is 1.23. The van der Waals surface area contributed by atoms with Crippen LogP contribution in [0.2, 0.25) is 0 Å². The summed E-state index contributed by atoms with van der Waals surface area (Å²) in [5.74, 6) is 1.14. The number of fused-ring (bicyclic) bond motifs is 4. The van der Waals surface area contributed by atoms with E-state index in [1.54, 1.807) is 6.33 Å². The fraction of sp³-hybridized carbons (Fsp3) is 0.524. The summed E-state index contributed by atoms with van der Waals surface area (Å²) in [6.07, 6.45) is 9.16. The molecule has 3 atom stereocenters. The summed E-state index contributed by atoms with van der Waals surface area (Å²) >= 11 is 0. The molecule has 5 rings (SSSR count). The van der Waals surface area contributed by atoms with Gasteiger partial charge in [0, 0.05) is 24.2 Å². The van der Waals surface area contributed by atoms with Gasteiger partial charge >= 0.3 is 6.03 Å². The molecule has 0 saturated heterocycles. The van der Waals surface area contributed by atoms with E-state index in [2.05, 4.69) is 44.9 Å². The molecule has 1 heterocycles. The van der Waals surface area contributed by atoms with Crippen molar-refractivity contribution in [3.8, 4) is 0 Å². The van der Waals surface area contributed by atoms with Crippen molar-refractivity contribution >= 4 is 6.03 Å². The number of hydrogen-bond acceptors (Lipinski definition) is 2. The summed E-state index contributed by atoms with van der Waals surface area (Å²) in [7, 11) is 0. The Morgan fingerprint density at radius 1 is 1.00 bits per heavy atom. The van der Waals surface area contributed by atoms with Crippen molar-refractivity contribution in [1.82, 2.24) is 20.6 Å². The van der Waals surface area contributed by atoms with Crippen molar-refractivity contribution in [1.29, 1.82) is 0 Å². The topological polar surface area (TPSA) is 69.8 Å². The van der Waals surface area contributed by atoms with Gasteiger partial charge in [0.2, 0.25) is 0 Å². The standard InChI is InChI=1S/C21H26N4O/c26-21(24-17-7-8-18-19(11-17)23-12-22-18)25-20-15-5-6-16(20)10-14-4-2-1-3-13(14)9-15/h1-4,12,15-17,20H,5-11H2,(H,22,23)(H2,24,25,26). The maximum atomic E-state index is 12.7. The smallest absolute Gasteiger partial charge is 0.315 e. The van der Waals surface area contributed by atoms with Gasteiger partial charge in [0.1, 0.15) is 0 Å². The zero-order valence-electron chi connectivity index (χ0n) is 15.0. The van der Waals surface area contributed by atoms with E-state index < -0.39 is 0 Å². The van der Waals surface area contributed by atoms with Crippen LogP contribution in [0.15, 0.2) is 30.6 Å². The SMILES string of the molecule is O=C(NC1CCc2nc[nH]c2C1)NC1C2CCC1Cc1ccccc1C2. The third kappa shape index (κ3) is 2.89. The molecule has 136 valence electrons. The van der Waals surface area contributed by atoms with Crippen molar-refractivity contribution in [2.24, 2.45) is 11.8 Å². The number of H-pyrrole nitrogens is 1. The molecule has 26 heavy (non-hydrogen) atoms. The minimum Gasteiger partial charge on any atom is -0.348 e. The van der Waals surface area contributed by atoms with Crippen molar-refractivity contribution in [2.75, 3.05) is 0 Å². The molecule has 1 aromatic heterocycles. The van der Waals surface area contributed by atoms with Crippen molar-refractivity contribution in [3.05, 3.63) is 53.1 Å². The summed E-state index contributed by atoms with van der Waals surface area (Å²) in [6.45, 7) is 0. The number of carbonyl (C=O) groups is 1. The van der Waals surface area contributed by atoms with E-state index >= 15 is 0 Å². The number of benzene rings is 1. The van der Waals surface area contributed by atoms with E-state index in [1.165, 1.54) is 29.7 Å². The van der Waals surface area contributed by atoms with E-state index in [1.807, 2.05) is 0 Å². The minimum atomic E-state index is 0.00539. The molecule has 0 radical (unpaired) electrons. The summed E-state index contributed by atoms with van der Waals surface area (Å²) in [6, 6.07) is 9.30. The van der Waals surface area contributed by atoms with Crippen LogP contribution in [-0.4, -0.2) is 28.1 Å². The van der Waals surface area contributed by atoms with Gasteiger partial charge in [0.25, 0.3) is 0 Å². The number of amides is 2. The lowest BCUT2D eigenvalue weighted by Crippen LogP contribution is -2.50. The van der Waals surface area contributed by atoms with Crippen LogP contribution in [0.1, 0.15) is 41.8 Å². The largest absolute Gasteiger partial charge is 0.348 e. The number of imidazole rings is 1. The molecule has 0 aliphatic heterocycles. The molecule has 2 aromatic rings. The lowest BCUT2D eigenvalue weighted by atomic mass is 9.94. The molecule has 0 spiro atoms. The molecule has 5 nitrogen and oxygen atoms in total. The second-order valence-electron chi connectivity index (χ2n) is 8.19. The van der Waals surface area contributed by atoms with E-state index in [9.17, 15) is 4.79 Å². The molecule has 1 aromatic carbocycles. The first kappa shape index (κ1) is 15.9. The Labute approximate surface area is 154 Å². The van der Waals surface area contributed by atoms with Crippen molar-refractivity contribution in [2.45, 2.75) is 57.0 Å². The molecule has 1 saturated carbocycles. The third-order valence-corrected chi connectivity index (χ3v) is 6.63. The van der Waals surface area contributed by atoms with Crippen LogP contribution in [0.25, 0.3) is 0 Å². The zero-order valence-corrected chi connectivity index (χ0v) is 15.0. The molecular weight excluding hydrogens is 324 g/mol. The fourth-order valence-electron chi connectivity index (χ4n) is 5.29. The molecule has 3 unspecified atom stereocenters. The first-order chi connectivity index (χ1) is 12.8. The highest BCUT2D eigenvalue weighted by atomic mass is 16.2. The number of carbonyl (C=O) groups excluding carboxylic acids is 1. The monoisotopic (exact) mass is 350 g/mol. The Kier molecular flexibility index (Phi) is 3.95. The highest BCUT2D eigenvalue weighted by molar-refractivity contribution is 5.74. The van der Waals surface area contributed by atoms with Crippen LogP contribution in [0.5, 0.6) is 0 Å². The summed E-state index contributed by atoms with van der Waals surface area (Å²) in [5, 5.41) is 6.55. The maximum absolute atomic E-state index is 12.7. The average molecular weight is 350 g/mol. The second-order valence-corrected chi connectivity index (χ2v) is 8.19. The molecule has 3 N–H and O–H groups in total. The number of aromatic nitrogens is 2. The summed E-state index contributed by atoms with van der Waals surface area (Å²) < 4.78 is 0. The quantitative estimate of drug-likeness (QED) is 0.779. The first-order valence-electron chi connectivity index (χ1n) is 9.91. The summed E-state index contributed by atoms with van der Waals surface area (Å²) in [5.41, 5.74) is 5.28. The van der Waals surface area contributed by atoms with Crippen LogP contribution in [-0.2, 0) is 25.7 Å². The molecule has 2 amide bonds. The minimum absolute atomic E-state index is 0.00539. The maximum Gasteiger partial charge on any atom is 0.315 e. The number of hydrogen-bond donors (Lipinski definition) is 3. The van der Waals surface area contributed by atoms with Gasteiger partial charge in [-0.1, -0.05) is 24.3 Å². The first-order valence-corrected chi connectivity index (χ1v) is 9.91. The second kappa shape index (κ2) is 6.45. The molecule has 2 bridgehead atoms. The lowest BCUT2D eigenvalue weighted by Gasteiger charge is -2.27. The molecule has 5 heteroatoms. The summed E-state index contributed by atoms with van der Waals surface area (Å²) in [4.78, 5) is 20.2. The Bertz CT molecular complexity index is 781. The zero-order chi connectivity index (χ0) is 17.5. The molecular formula is C21H26N4O. The number of nitrogens with one attached hydrogen (secondary N) is 3.